The number of anilines is 1. The fraction of sp³-hybridized carbons (Fsp3) is 0.385. The molecule has 96 valence electrons. The number of methoxy groups -OCH3 is 1. The first-order chi connectivity index (χ1) is 8.69. The highest BCUT2D eigenvalue weighted by atomic mass is 16.5. The number of carbonyl (C=O) groups excluding carboxylic acids is 1. The summed E-state index contributed by atoms with van der Waals surface area (Å²) < 4.78 is 4.85. The molecule has 0 fully saturated rings. The van der Waals surface area contributed by atoms with Crippen molar-refractivity contribution in [1.82, 2.24) is 5.32 Å². The lowest BCUT2D eigenvalue weighted by atomic mass is 10.1. The van der Waals surface area contributed by atoms with Crippen LogP contribution >= 0.6 is 0 Å². The minimum atomic E-state index is -0.406. The molecule has 1 rings (SSSR count). The van der Waals surface area contributed by atoms with Gasteiger partial charge in [-0.2, -0.15) is 5.26 Å². The van der Waals surface area contributed by atoms with Crippen LogP contribution in [0.5, 0.6) is 0 Å². The fourth-order valence-corrected chi connectivity index (χ4v) is 1.43. The number of benzene rings is 1. The topological polar surface area (TPSA) is 74.2 Å². The SMILES string of the molecule is COCCNC(=O)C(C)Nc1ccccc1C#N. The van der Waals surface area contributed by atoms with Crippen LogP contribution in [0.15, 0.2) is 24.3 Å². The molecule has 0 bridgehead atoms. The number of nitrogens with one attached hydrogen (secondary N) is 2. The van der Waals surface area contributed by atoms with Crippen molar-refractivity contribution in [3.63, 3.8) is 0 Å². The van der Waals surface area contributed by atoms with Crippen molar-refractivity contribution in [3.8, 4) is 6.07 Å². The van der Waals surface area contributed by atoms with E-state index in [1.807, 2.05) is 6.07 Å². The van der Waals surface area contributed by atoms with Crippen molar-refractivity contribution < 1.29 is 9.53 Å². The first-order valence-corrected chi connectivity index (χ1v) is 5.71. The van der Waals surface area contributed by atoms with Gasteiger partial charge < -0.3 is 15.4 Å². The molecule has 1 aromatic rings. The molecule has 0 spiro atoms. The summed E-state index contributed by atoms with van der Waals surface area (Å²) in [7, 11) is 1.58. The molecule has 2 N–H and O–H groups in total. The van der Waals surface area contributed by atoms with Crippen molar-refractivity contribution in [2.24, 2.45) is 0 Å². The van der Waals surface area contributed by atoms with Crippen LogP contribution in [0.2, 0.25) is 0 Å². The molecular formula is C13H17N3O2. The van der Waals surface area contributed by atoms with Gasteiger partial charge in [-0.15, -0.1) is 0 Å². The molecule has 1 amide bonds. The maximum absolute atomic E-state index is 11.7. The standard InChI is InChI=1S/C13H17N3O2/c1-10(13(17)15-7-8-18-2)16-12-6-4-3-5-11(12)9-14/h3-6,10,16H,7-8H2,1-2H3,(H,15,17). The van der Waals surface area contributed by atoms with Gasteiger partial charge in [-0.1, -0.05) is 12.1 Å². The van der Waals surface area contributed by atoms with Crippen molar-refractivity contribution in [2.45, 2.75) is 13.0 Å². The van der Waals surface area contributed by atoms with E-state index in [0.717, 1.165) is 0 Å². The highest BCUT2D eigenvalue weighted by Crippen LogP contribution is 2.14. The first kappa shape index (κ1) is 14.0. The van der Waals surface area contributed by atoms with Crippen LogP contribution in [0.25, 0.3) is 0 Å². The zero-order chi connectivity index (χ0) is 13.4. The lowest BCUT2D eigenvalue weighted by Crippen LogP contribution is -2.39. The van der Waals surface area contributed by atoms with E-state index in [1.165, 1.54) is 0 Å². The van der Waals surface area contributed by atoms with Crippen molar-refractivity contribution in [2.75, 3.05) is 25.6 Å². The summed E-state index contributed by atoms with van der Waals surface area (Å²) in [5.74, 6) is -0.125. The monoisotopic (exact) mass is 247 g/mol. The second kappa shape index (κ2) is 7.30. The van der Waals surface area contributed by atoms with Gasteiger partial charge in [0.2, 0.25) is 5.91 Å². The predicted octanol–water partition coefficient (Wildman–Crippen LogP) is 1.12. The molecule has 1 aromatic carbocycles. The van der Waals surface area contributed by atoms with Gasteiger partial charge in [-0.05, 0) is 19.1 Å². The molecule has 0 saturated heterocycles. The lowest BCUT2D eigenvalue weighted by molar-refractivity contribution is -0.121. The van der Waals surface area contributed by atoms with Crippen LogP contribution < -0.4 is 10.6 Å². The van der Waals surface area contributed by atoms with Gasteiger partial charge in [0, 0.05) is 13.7 Å². The maximum Gasteiger partial charge on any atom is 0.242 e. The Morgan fingerprint density at radius 2 is 2.22 bits per heavy atom. The molecule has 0 aliphatic rings. The molecule has 1 atom stereocenters. The summed E-state index contributed by atoms with van der Waals surface area (Å²) in [4.78, 5) is 11.7. The predicted molar refractivity (Wildman–Crippen MR) is 69.1 cm³/mol. The van der Waals surface area contributed by atoms with Gasteiger partial charge in [0.15, 0.2) is 0 Å². The van der Waals surface area contributed by atoms with Crippen molar-refractivity contribution in [3.05, 3.63) is 29.8 Å². The Balaban J connectivity index is 2.56. The van der Waals surface area contributed by atoms with Crippen LogP contribution in [0.4, 0.5) is 5.69 Å². The van der Waals surface area contributed by atoms with Crippen molar-refractivity contribution >= 4 is 11.6 Å². The van der Waals surface area contributed by atoms with E-state index < -0.39 is 6.04 Å². The summed E-state index contributed by atoms with van der Waals surface area (Å²) in [6.07, 6.45) is 0. The average molecular weight is 247 g/mol. The summed E-state index contributed by atoms with van der Waals surface area (Å²) in [6, 6.07) is 8.76. The summed E-state index contributed by atoms with van der Waals surface area (Å²) in [5.41, 5.74) is 1.18. The quantitative estimate of drug-likeness (QED) is 0.739. The van der Waals surface area contributed by atoms with E-state index in [9.17, 15) is 4.79 Å². The number of nitriles is 1. The maximum atomic E-state index is 11.7. The van der Waals surface area contributed by atoms with E-state index in [0.29, 0.717) is 24.4 Å². The molecule has 0 heterocycles. The second-order valence-corrected chi connectivity index (χ2v) is 3.81. The number of para-hydroxylation sites is 1. The highest BCUT2D eigenvalue weighted by Gasteiger charge is 2.13. The molecule has 0 radical (unpaired) electrons. The van der Waals surface area contributed by atoms with Gasteiger partial charge in [-0.25, -0.2) is 0 Å². The van der Waals surface area contributed by atoms with E-state index in [1.54, 1.807) is 32.2 Å². The number of hydrogen-bond donors (Lipinski definition) is 2. The smallest absolute Gasteiger partial charge is 0.242 e. The minimum absolute atomic E-state index is 0.125. The number of hydrogen-bond acceptors (Lipinski definition) is 4. The van der Waals surface area contributed by atoms with E-state index in [-0.39, 0.29) is 5.91 Å². The number of nitrogens with zero attached hydrogens (tertiary/aromatic N) is 1. The van der Waals surface area contributed by atoms with Gasteiger partial charge >= 0.3 is 0 Å². The zero-order valence-corrected chi connectivity index (χ0v) is 10.6. The Labute approximate surface area is 107 Å². The molecule has 1 unspecified atom stereocenters. The Hall–Kier alpha value is -2.06. The molecule has 5 nitrogen and oxygen atoms in total. The molecular weight excluding hydrogens is 230 g/mol. The third-order valence-electron chi connectivity index (χ3n) is 2.42. The summed E-state index contributed by atoms with van der Waals surface area (Å²) >= 11 is 0. The van der Waals surface area contributed by atoms with Crippen LogP contribution in [-0.4, -0.2) is 32.2 Å². The molecule has 0 aromatic heterocycles. The van der Waals surface area contributed by atoms with E-state index in [4.69, 9.17) is 10.00 Å². The normalized spacial score (nSPS) is 11.4. The van der Waals surface area contributed by atoms with Crippen LogP contribution in [0.3, 0.4) is 0 Å². The largest absolute Gasteiger partial charge is 0.383 e. The average Bonchev–Trinajstić information content (AvgIpc) is 2.39. The molecule has 18 heavy (non-hydrogen) atoms. The highest BCUT2D eigenvalue weighted by molar-refractivity contribution is 5.84. The van der Waals surface area contributed by atoms with Crippen LogP contribution in [0, 0.1) is 11.3 Å². The van der Waals surface area contributed by atoms with Gasteiger partial charge in [0.1, 0.15) is 12.1 Å². The Kier molecular flexibility index (Phi) is 5.68. The van der Waals surface area contributed by atoms with E-state index >= 15 is 0 Å². The number of amides is 1. The van der Waals surface area contributed by atoms with Gasteiger partial charge in [-0.3, -0.25) is 4.79 Å². The molecule has 5 heteroatoms. The minimum Gasteiger partial charge on any atom is -0.383 e. The number of ether oxygens (including phenoxy) is 1. The Morgan fingerprint density at radius 3 is 2.89 bits per heavy atom. The first-order valence-electron chi connectivity index (χ1n) is 5.71. The number of carbonyl (C=O) groups is 1. The summed E-state index contributed by atoms with van der Waals surface area (Å²) in [5, 5.41) is 14.7. The molecule has 0 aliphatic carbocycles. The van der Waals surface area contributed by atoms with Crippen molar-refractivity contribution in [1.29, 1.82) is 5.26 Å². The lowest BCUT2D eigenvalue weighted by Gasteiger charge is -2.15. The molecule has 0 saturated carbocycles. The Bertz CT molecular complexity index is 440. The van der Waals surface area contributed by atoms with Gasteiger partial charge in [0.25, 0.3) is 0 Å². The second-order valence-electron chi connectivity index (χ2n) is 3.81. The van der Waals surface area contributed by atoms with Gasteiger partial charge in [0.05, 0.1) is 17.9 Å². The van der Waals surface area contributed by atoms with Crippen LogP contribution in [0.1, 0.15) is 12.5 Å². The zero-order valence-electron chi connectivity index (χ0n) is 10.6. The third-order valence-corrected chi connectivity index (χ3v) is 2.42. The fourth-order valence-electron chi connectivity index (χ4n) is 1.43. The van der Waals surface area contributed by atoms with E-state index in [2.05, 4.69) is 16.7 Å². The summed E-state index contributed by atoms with van der Waals surface area (Å²) in [6.45, 7) is 2.70. The Morgan fingerprint density at radius 1 is 1.50 bits per heavy atom. The molecule has 0 aliphatic heterocycles. The van der Waals surface area contributed by atoms with Crippen LogP contribution in [-0.2, 0) is 9.53 Å². The number of rotatable bonds is 6. The third kappa shape index (κ3) is 4.07.